The van der Waals surface area contributed by atoms with Gasteiger partial charge >= 0.3 is 17.9 Å². The lowest BCUT2D eigenvalue weighted by molar-refractivity contribution is -0.221. The molecular weight excluding hydrogens is 720 g/mol. The molecule has 8 nitrogen and oxygen atoms in total. The second kappa shape index (κ2) is 14.9. The fraction of sp³-hybridized carbons (Fsp3) is 0.812. The molecule has 10 atom stereocenters. The third kappa shape index (κ3) is 6.34. The van der Waals surface area contributed by atoms with Crippen molar-refractivity contribution in [1.29, 1.82) is 0 Å². The number of fused-ring (bicyclic) bond motifs is 7. The topological polar surface area (TPSA) is 116 Å². The van der Waals surface area contributed by atoms with E-state index in [1.807, 2.05) is 0 Å². The van der Waals surface area contributed by atoms with E-state index < -0.39 is 35.4 Å². The van der Waals surface area contributed by atoms with Crippen LogP contribution in [-0.2, 0) is 19.1 Å². The van der Waals surface area contributed by atoms with Crippen LogP contribution in [-0.4, -0.2) is 78.0 Å². The van der Waals surface area contributed by atoms with E-state index in [9.17, 15) is 29.0 Å². The van der Waals surface area contributed by atoms with Crippen molar-refractivity contribution in [2.24, 2.45) is 62.1 Å². The van der Waals surface area contributed by atoms with Gasteiger partial charge in [0.25, 0.3) is 0 Å². The van der Waals surface area contributed by atoms with Crippen LogP contribution < -0.4 is 5.32 Å². The normalized spacial score (nSPS) is 42.3. The molecule has 4 saturated carbocycles. The molecule has 0 aromatic carbocycles. The van der Waals surface area contributed by atoms with Gasteiger partial charge in [0.15, 0.2) is 5.41 Å². The number of piperidine rings is 1. The van der Waals surface area contributed by atoms with Crippen molar-refractivity contribution in [1.82, 2.24) is 10.2 Å². The molecule has 9 heteroatoms. The van der Waals surface area contributed by atoms with Gasteiger partial charge in [-0.15, -0.1) is 0 Å². The minimum absolute atomic E-state index is 0.0404. The highest BCUT2D eigenvalue weighted by atomic mass is 19.1. The first-order valence-corrected chi connectivity index (χ1v) is 22.5. The van der Waals surface area contributed by atoms with Crippen LogP contribution in [0.5, 0.6) is 0 Å². The largest absolute Gasteiger partial charge is 0.481 e. The van der Waals surface area contributed by atoms with E-state index >= 15 is 0 Å². The lowest BCUT2D eigenvalue weighted by atomic mass is 9.33. The Morgan fingerprint density at radius 2 is 1.60 bits per heavy atom. The zero-order chi connectivity index (χ0) is 41.4. The van der Waals surface area contributed by atoms with Crippen LogP contribution in [0.4, 0.5) is 4.39 Å². The number of carbonyl (C=O) groups excluding carboxylic acids is 1. The van der Waals surface area contributed by atoms with Crippen LogP contribution in [0.3, 0.4) is 0 Å². The summed E-state index contributed by atoms with van der Waals surface area (Å²) in [5.41, 5.74) is 1.89. The Bertz CT molecular complexity index is 1700. The van der Waals surface area contributed by atoms with Gasteiger partial charge in [-0.3, -0.25) is 14.4 Å². The van der Waals surface area contributed by atoms with Crippen LogP contribution >= 0.6 is 0 Å². The number of esters is 1. The van der Waals surface area contributed by atoms with E-state index in [-0.39, 0.29) is 53.1 Å². The molecule has 3 N–H and O–H groups in total. The SMILES string of the molecule is C=C(C)C1CC[C@]2(NCCN3CCC(C(=O)O)(C(=O)OCC)CC3)CC[C@]3(C)[C@H](CC[C@@H]4[C@@]5(C)CC=C(C6=CC[C@@](CF)(C(=O)O)CC6)C(C)(C)[C@@H]5CC[C@]43C)[C@@H]12. The van der Waals surface area contributed by atoms with Gasteiger partial charge in [0.1, 0.15) is 6.67 Å². The molecule has 1 heterocycles. The van der Waals surface area contributed by atoms with Crippen LogP contribution in [0.25, 0.3) is 0 Å². The van der Waals surface area contributed by atoms with Crippen molar-refractivity contribution in [3.05, 3.63) is 35.5 Å². The first-order valence-electron chi connectivity index (χ1n) is 22.5. The van der Waals surface area contributed by atoms with Crippen molar-refractivity contribution >= 4 is 17.9 Å². The van der Waals surface area contributed by atoms with Gasteiger partial charge in [-0.05, 0) is 179 Å². The number of aliphatic carboxylic acids is 2. The maximum Gasteiger partial charge on any atom is 0.323 e. The first-order chi connectivity index (χ1) is 26.8. The molecule has 0 aromatic rings. The van der Waals surface area contributed by atoms with Gasteiger partial charge in [0.05, 0.1) is 12.0 Å². The second-order valence-electron chi connectivity index (χ2n) is 21.4. The van der Waals surface area contributed by atoms with Crippen LogP contribution in [0, 0.1) is 62.1 Å². The lowest BCUT2D eigenvalue weighted by Crippen LogP contribution is -2.68. The average Bonchev–Trinajstić information content (AvgIpc) is 3.55. The number of carboxylic acids is 2. The number of carbonyl (C=O) groups is 3. The van der Waals surface area contributed by atoms with E-state index in [1.54, 1.807) is 6.92 Å². The molecule has 0 bridgehead atoms. The predicted molar refractivity (Wildman–Crippen MR) is 221 cm³/mol. The monoisotopic (exact) mass is 793 g/mol. The Kier molecular flexibility index (Phi) is 11.1. The van der Waals surface area contributed by atoms with Gasteiger partial charge in [-0.25, -0.2) is 4.39 Å². The average molecular weight is 793 g/mol. The van der Waals surface area contributed by atoms with Crippen molar-refractivity contribution in [3.63, 3.8) is 0 Å². The summed E-state index contributed by atoms with van der Waals surface area (Å²) in [6.07, 6.45) is 17.1. The number of alkyl halides is 1. The molecular formula is C48H73FN2O6. The first kappa shape index (κ1) is 42.6. The maximum absolute atomic E-state index is 14.0. The third-order valence-electron chi connectivity index (χ3n) is 19.0. The summed E-state index contributed by atoms with van der Waals surface area (Å²) in [4.78, 5) is 39.3. The van der Waals surface area contributed by atoms with Crippen LogP contribution in [0.15, 0.2) is 35.5 Å². The molecule has 0 amide bonds. The number of nitrogens with zero attached hydrogens (tertiary/aromatic N) is 1. The third-order valence-corrected chi connectivity index (χ3v) is 19.0. The smallest absolute Gasteiger partial charge is 0.323 e. The fourth-order valence-corrected chi connectivity index (χ4v) is 15.5. The summed E-state index contributed by atoms with van der Waals surface area (Å²) in [7, 11) is 0. The number of nitrogens with one attached hydrogen (secondary N) is 1. The van der Waals surface area contributed by atoms with E-state index in [1.165, 1.54) is 68.1 Å². The number of rotatable bonds is 11. The fourth-order valence-electron chi connectivity index (χ4n) is 15.5. The Labute approximate surface area is 341 Å². The number of halogens is 1. The highest BCUT2D eigenvalue weighted by molar-refractivity contribution is 5.99. The van der Waals surface area contributed by atoms with E-state index in [0.29, 0.717) is 55.5 Å². The quantitative estimate of drug-likeness (QED) is 0.108. The van der Waals surface area contributed by atoms with Crippen molar-refractivity contribution < 1.29 is 33.7 Å². The summed E-state index contributed by atoms with van der Waals surface area (Å²) in [5, 5.41) is 24.1. The van der Waals surface area contributed by atoms with Crippen LogP contribution in [0.1, 0.15) is 138 Å². The van der Waals surface area contributed by atoms with Crippen LogP contribution in [0.2, 0.25) is 0 Å². The summed E-state index contributed by atoms with van der Waals surface area (Å²) in [5.74, 6) is 0.131. The summed E-state index contributed by atoms with van der Waals surface area (Å²) < 4.78 is 19.2. The summed E-state index contributed by atoms with van der Waals surface area (Å²) in [6.45, 7) is 23.7. The minimum atomic E-state index is -1.43. The van der Waals surface area contributed by atoms with Crippen molar-refractivity contribution in [3.8, 4) is 0 Å². The molecule has 0 spiro atoms. The number of likely N-dealkylation sites (tertiary alicyclic amines) is 1. The Balaban J connectivity index is 1.08. The lowest BCUT2D eigenvalue weighted by Gasteiger charge is -2.72. The number of hydrogen-bond donors (Lipinski definition) is 3. The summed E-state index contributed by atoms with van der Waals surface area (Å²) >= 11 is 0. The van der Waals surface area contributed by atoms with Gasteiger partial charge < -0.3 is 25.2 Å². The zero-order valence-corrected chi connectivity index (χ0v) is 36.2. The number of carboxylic acid groups (broad SMARTS) is 2. The van der Waals surface area contributed by atoms with E-state index in [0.717, 1.165) is 19.5 Å². The van der Waals surface area contributed by atoms with Gasteiger partial charge in [-0.1, -0.05) is 58.9 Å². The number of allylic oxidation sites excluding steroid dienone is 5. The Hall–Kier alpha value is -2.52. The zero-order valence-electron chi connectivity index (χ0n) is 36.2. The molecule has 0 radical (unpaired) electrons. The van der Waals surface area contributed by atoms with Gasteiger partial charge in [-0.2, -0.15) is 0 Å². The molecule has 5 fully saturated rings. The highest BCUT2D eigenvalue weighted by Crippen LogP contribution is 2.76. The van der Waals surface area contributed by atoms with Crippen molar-refractivity contribution in [2.45, 2.75) is 144 Å². The molecule has 7 rings (SSSR count). The van der Waals surface area contributed by atoms with E-state index in [4.69, 9.17) is 4.74 Å². The maximum atomic E-state index is 14.0. The minimum Gasteiger partial charge on any atom is -0.481 e. The molecule has 1 saturated heterocycles. The second-order valence-corrected chi connectivity index (χ2v) is 21.4. The molecule has 1 unspecified atom stereocenters. The summed E-state index contributed by atoms with van der Waals surface area (Å²) in [6, 6.07) is 0. The molecule has 7 aliphatic rings. The molecule has 1 aliphatic heterocycles. The van der Waals surface area contributed by atoms with E-state index in [2.05, 4.69) is 70.5 Å². The standard InChI is InChI=1S/C48H73FN2O6/c1-9-57-41(56)47(40(54)55)24-27-51(28-25-47)29-26-50-48-21-14-33(31(2)3)38(48)35-10-11-37-43(6)17-15-34(32-12-19-46(30-49,20-13-32)39(52)53)42(4,5)36(43)16-18-45(37,8)44(35,7)22-23-48/h12,15,33,35-38,50H,2,9-11,13-14,16-30H2,1,3-8H3,(H,52,53)(H,54,55)/t33?,35-,36+,37-,38-,43+,44-,45-,46-,48+/m1/s1. The predicted octanol–water partition coefficient (Wildman–Crippen LogP) is 9.40. The molecule has 57 heavy (non-hydrogen) atoms. The van der Waals surface area contributed by atoms with Gasteiger partial charge in [0.2, 0.25) is 0 Å². The molecule has 318 valence electrons. The number of hydrogen-bond acceptors (Lipinski definition) is 6. The van der Waals surface area contributed by atoms with Crippen molar-refractivity contribution in [2.75, 3.05) is 39.5 Å². The Morgan fingerprint density at radius 1 is 0.877 bits per heavy atom. The number of ether oxygens (including phenoxy) is 1. The highest BCUT2D eigenvalue weighted by Gasteiger charge is 2.70. The Morgan fingerprint density at radius 3 is 2.19 bits per heavy atom. The van der Waals surface area contributed by atoms with Gasteiger partial charge in [0, 0.05) is 18.6 Å². The molecule has 0 aromatic heterocycles. The molecule has 6 aliphatic carbocycles.